The van der Waals surface area contributed by atoms with Crippen molar-refractivity contribution in [3.05, 3.63) is 0 Å². The molecule has 0 aliphatic rings. The van der Waals surface area contributed by atoms with Gasteiger partial charge in [-0.15, -0.1) is 0 Å². The van der Waals surface area contributed by atoms with Gasteiger partial charge in [0.15, 0.2) is 0 Å². The van der Waals surface area contributed by atoms with Crippen LogP contribution >= 0.6 is 0 Å². The van der Waals surface area contributed by atoms with Gasteiger partial charge in [0.05, 0.1) is 11.2 Å². The molecule has 96 valence electrons. The molecule has 0 aromatic rings. The first-order valence-corrected chi connectivity index (χ1v) is 4.50. The maximum atomic E-state index is 9.00. The molecule has 0 aromatic heterocycles. The second-order valence-electron chi connectivity index (χ2n) is 4.91. The van der Waals surface area contributed by atoms with Crippen molar-refractivity contribution in [2.75, 3.05) is 0 Å². The number of carboxylic acid groups (broad SMARTS) is 1. The van der Waals surface area contributed by atoms with Gasteiger partial charge in [0.25, 0.3) is 5.97 Å². The Hall–Kier alpha value is 0.0523. The number of carbonyl (C=O) groups is 1. The Morgan fingerprint density at radius 1 is 0.933 bits per heavy atom. The van der Waals surface area contributed by atoms with Gasteiger partial charge in [-0.1, -0.05) is 0 Å². The first-order valence-electron chi connectivity index (χ1n) is 4.50. The molecule has 0 aliphatic heterocycles. The van der Waals surface area contributed by atoms with E-state index in [1.165, 1.54) is 0 Å². The van der Waals surface area contributed by atoms with Crippen LogP contribution in [0.25, 0.3) is 0 Å². The topological polar surface area (TPSA) is 55.8 Å². The van der Waals surface area contributed by atoms with E-state index in [0.29, 0.717) is 0 Å². The van der Waals surface area contributed by atoms with Crippen LogP contribution in [0, 0.1) is 0 Å². The standard InChI is InChI=1S/C8H18O2.C2H4O2.Pd/c1-7(2,3)9-10-8(4,5)6;1-2(3)4;/h1-6H3;1H3,(H,3,4);. The summed E-state index contributed by atoms with van der Waals surface area (Å²) in [5, 5.41) is 7.42. The Morgan fingerprint density at radius 3 is 1.13 bits per heavy atom. The molecule has 0 rings (SSSR count). The molecule has 4 nitrogen and oxygen atoms in total. The summed E-state index contributed by atoms with van der Waals surface area (Å²) in [5.74, 6) is -0.833. The van der Waals surface area contributed by atoms with Crippen molar-refractivity contribution in [3.8, 4) is 0 Å². The molecule has 0 saturated heterocycles. The summed E-state index contributed by atoms with van der Waals surface area (Å²) in [7, 11) is 0. The molecule has 0 radical (unpaired) electrons. The van der Waals surface area contributed by atoms with Crippen LogP contribution in [-0.2, 0) is 35.0 Å². The van der Waals surface area contributed by atoms with Crippen molar-refractivity contribution in [1.29, 1.82) is 0 Å². The van der Waals surface area contributed by atoms with Crippen molar-refractivity contribution in [2.45, 2.75) is 59.7 Å². The monoisotopic (exact) mass is 312 g/mol. The van der Waals surface area contributed by atoms with Crippen LogP contribution in [-0.4, -0.2) is 22.3 Å². The molecule has 15 heavy (non-hydrogen) atoms. The van der Waals surface area contributed by atoms with Gasteiger partial charge in [-0.25, -0.2) is 9.78 Å². The minimum Gasteiger partial charge on any atom is -0.481 e. The van der Waals surface area contributed by atoms with Crippen LogP contribution in [0.3, 0.4) is 0 Å². The van der Waals surface area contributed by atoms with Crippen molar-refractivity contribution in [3.63, 3.8) is 0 Å². The maximum Gasteiger partial charge on any atom is 0.300 e. The van der Waals surface area contributed by atoms with Crippen LogP contribution in [0.4, 0.5) is 0 Å². The van der Waals surface area contributed by atoms with Gasteiger partial charge in [-0.3, -0.25) is 4.79 Å². The van der Waals surface area contributed by atoms with Gasteiger partial charge in [0.1, 0.15) is 0 Å². The average molecular weight is 313 g/mol. The predicted molar refractivity (Wildman–Crippen MR) is 55.0 cm³/mol. The van der Waals surface area contributed by atoms with Gasteiger partial charge >= 0.3 is 0 Å². The van der Waals surface area contributed by atoms with E-state index in [4.69, 9.17) is 19.7 Å². The number of carboxylic acids is 1. The van der Waals surface area contributed by atoms with Gasteiger partial charge < -0.3 is 5.11 Å². The third-order valence-electron chi connectivity index (χ3n) is 0.542. The SMILES string of the molecule is CC(=O)O.CC(C)(C)OOC(C)(C)C.[Pd]. The Kier molecular flexibility index (Phi) is 11.2. The molecule has 0 saturated carbocycles. The summed E-state index contributed by atoms with van der Waals surface area (Å²) in [6.07, 6.45) is 0. The molecule has 0 amide bonds. The van der Waals surface area contributed by atoms with Gasteiger partial charge in [-0.2, -0.15) is 0 Å². The zero-order chi connectivity index (χ0) is 12.0. The van der Waals surface area contributed by atoms with E-state index in [9.17, 15) is 0 Å². The smallest absolute Gasteiger partial charge is 0.300 e. The van der Waals surface area contributed by atoms with Gasteiger partial charge in [-0.05, 0) is 41.5 Å². The van der Waals surface area contributed by atoms with Crippen molar-refractivity contribution < 1.29 is 40.1 Å². The molecule has 0 heterocycles. The molecule has 0 atom stereocenters. The number of hydrogen-bond acceptors (Lipinski definition) is 3. The Labute approximate surface area is 106 Å². The summed E-state index contributed by atoms with van der Waals surface area (Å²) in [6.45, 7) is 12.8. The zero-order valence-electron chi connectivity index (χ0n) is 10.5. The molecule has 0 bridgehead atoms. The van der Waals surface area contributed by atoms with Crippen LogP contribution in [0.2, 0.25) is 0 Å². The molecule has 0 spiro atoms. The summed E-state index contributed by atoms with van der Waals surface area (Å²) >= 11 is 0. The van der Waals surface area contributed by atoms with Crippen LogP contribution in [0.15, 0.2) is 0 Å². The van der Waals surface area contributed by atoms with Crippen molar-refractivity contribution >= 4 is 5.97 Å². The number of rotatable bonds is 1. The molecule has 1 N–H and O–H groups in total. The third-order valence-corrected chi connectivity index (χ3v) is 0.542. The minimum absolute atomic E-state index is 0. The fourth-order valence-corrected chi connectivity index (χ4v) is 0.250. The summed E-state index contributed by atoms with van der Waals surface area (Å²) in [5.41, 5.74) is -0.430. The normalized spacial score (nSPS) is 10.9. The number of hydrogen-bond donors (Lipinski definition) is 1. The average Bonchev–Trinajstić information content (AvgIpc) is 1.79. The number of aliphatic carboxylic acids is 1. The zero-order valence-corrected chi connectivity index (χ0v) is 12.0. The molecule has 5 heteroatoms. The Bertz CT molecular complexity index is 149. The first kappa shape index (κ1) is 20.5. The molecular weight excluding hydrogens is 291 g/mol. The van der Waals surface area contributed by atoms with Crippen molar-refractivity contribution in [2.24, 2.45) is 0 Å². The van der Waals surface area contributed by atoms with Crippen LogP contribution < -0.4 is 0 Å². The molecule has 0 fully saturated rings. The van der Waals surface area contributed by atoms with Crippen molar-refractivity contribution in [1.82, 2.24) is 0 Å². The molecule has 0 unspecified atom stereocenters. The van der Waals surface area contributed by atoms with E-state index in [2.05, 4.69) is 0 Å². The molecule has 0 aliphatic carbocycles. The quantitative estimate of drug-likeness (QED) is 0.459. The van der Waals surface area contributed by atoms with Gasteiger partial charge in [0.2, 0.25) is 0 Å². The largest absolute Gasteiger partial charge is 0.481 e. The molecule has 0 aromatic carbocycles. The summed E-state index contributed by atoms with van der Waals surface area (Å²) < 4.78 is 0. The van der Waals surface area contributed by atoms with Crippen LogP contribution in [0.5, 0.6) is 0 Å². The third kappa shape index (κ3) is 41.0. The predicted octanol–water partition coefficient (Wildman–Crippen LogP) is 2.62. The van der Waals surface area contributed by atoms with E-state index in [1.54, 1.807) is 0 Å². The minimum atomic E-state index is -0.833. The first-order chi connectivity index (χ1) is 5.94. The molecular formula is C10H22O4Pd. The second kappa shape index (κ2) is 8.23. The fraction of sp³-hybridized carbons (Fsp3) is 0.900. The summed E-state index contributed by atoms with van der Waals surface area (Å²) in [6, 6.07) is 0. The Balaban J connectivity index is -0.000000249. The van der Waals surface area contributed by atoms with E-state index >= 15 is 0 Å². The Morgan fingerprint density at radius 2 is 1.07 bits per heavy atom. The van der Waals surface area contributed by atoms with Gasteiger partial charge in [0, 0.05) is 27.3 Å². The summed E-state index contributed by atoms with van der Waals surface area (Å²) in [4.78, 5) is 19.2. The maximum absolute atomic E-state index is 9.00. The van der Waals surface area contributed by atoms with E-state index in [1.807, 2.05) is 41.5 Å². The fourth-order valence-electron chi connectivity index (χ4n) is 0.250. The van der Waals surface area contributed by atoms with E-state index in [0.717, 1.165) is 6.92 Å². The van der Waals surface area contributed by atoms with Crippen LogP contribution in [0.1, 0.15) is 48.5 Å². The van der Waals surface area contributed by atoms with E-state index < -0.39 is 5.97 Å². The second-order valence-corrected chi connectivity index (χ2v) is 4.91. The van der Waals surface area contributed by atoms with E-state index in [-0.39, 0.29) is 31.6 Å².